The zero-order chi connectivity index (χ0) is 23.2. The van der Waals surface area contributed by atoms with E-state index in [0.717, 1.165) is 19.3 Å². The van der Waals surface area contributed by atoms with Crippen LogP contribution >= 0.6 is 0 Å². The molecule has 0 spiro atoms. The van der Waals surface area contributed by atoms with Crippen LogP contribution < -0.4 is 0 Å². The fraction of sp³-hybridized carbons (Fsp3) is 0.714. The van der Waals surface area contributed by atoms with E-state index in [0.29, 0.717) is 6.54 Å². The van der Waals surface area contributed by atoms with Crippen LogP contribution in [0.3, 0.4) is 0 Å². The molecule has 1 heterocycles. The minimum absolute atomic E-state index is 0.0137. The normalized spacial score (nSPS) is 21.1. The quantitative estimate of drug-likeness (QED) is 0.292. The zero-order valence-corrected chi connectivity index (χ0v) is 21.0. The number of nitrogens with zero attached hydrogens (tertiary/aromatic N) is 1. The monoisotopic (exact) mass is 427 g/mol. The highest BCUT2D eigenvalue weighted by molar-refractivity contribution is 6.05. The molecule has 3 heteroatoms. The first-order chi connectivity index (χ1) is 14.5. The van der Waals surface area contributed by atoms with Crippen molar-refractivity contribution in [1.29, 1.82) is 0 Å². The van der Waals surface area contributed by atoms with Gasteiger partial charge in [0.25, 0.3) is 0 Å². The van der Waals surface area contributed by atoms with Gasteiger partial charge >= 0.3 is 0 Å². The van der Waals surface area contributed by atoms with Crippen LogP contribution in [0.4, 0.5) is 0 Å². The van der Waals surface area contributed by atoms with E-state index in [2.05, 4.69) is 72.7 Å². The molecule has 0 saturated carbocycles. The summed E-state index contributed by atoms with van der Waals surface area (Å²) in [6.45, 7) is 15.9. The Morgan fingerprint density at radius 3 is 1.97 bits per heavy atom. The summed E-state index contributed by atoms with van der Waals surface area (Å²) in [5.41, 5.74) is 1.05. The lowest BCUT2D eigenvalue weighted by Crippen LogP contribution is -2.35. The lowest BCUT2D eigenvalue weighted by atomic mass is 9.66. The molecule has 1 saturated heterocycles. The van der Waals surface area contributed by atoms with Gasteiger partial charge in [-0.05, 0) is 35.2 Å². The van der Waals surface area contributed by atoms with Crippen LogP contribution in [0.5, 0.6) is 0 Å². The van der Waals surface area contributed by atoms with Crippen molar-refractivity contribution >= 4 is 11.8 Å². The van der Waals surface area contributed by atoms with Crippen LogP contribution in [0, 0.1) is 22.7 Å². The first kappa shape index (κ1) is 25.6. The molecule has 0 aliphatic carbocycles. The second-order valence-corrected chi connectivity index (χ2v) is 11.6. The fourth-order valence-electron chi connectivity index (χ4n) is 5.20. The van der Waals surface area contributed by atoms with Gasteiger partial charge in [0.2, 0.25) is 11.8 Å². The first-order valence-electron chi connectivity index (χ1n) is 12.4. The van der Waals surface area contributed by atoms with Crippen LogP contribution in [0.1, 0.15) is 105 Å². The lowest BCUT2D eigenvalue weighted by Gasteiger charge is -2.36. The predicted octanol–water partition coefficient (Wildman–Crippen LogP) is 7.21. The number of unbranched alkanes of at least 4 members (excludes halogenated alkanes) is 5. The van der Waals surface area contributed by atoms with E-state index in [4.69, 9.17) is 0 Å². The van der Waals surface area contributed by atoms with Gasteiger partial charge in [0.15, 0.2) is 0 Å². The van der Waals surface area contributed by atoms with E-state index < -0.39 is 0 Å². The molecule has 1 aromatic rings. The fourth-order valence-corrected chi connectivity index (χ4v) is 5.20. The number of hydrogen-bond donors (Lipinski definition) is 0. The van der Waals surface area contributed by atoms with Crippen LogP contribution in [-0.4, -0.2) is 23.3 Å². The minimum Gasteiger partial charge on any atom is -0.282 e. The largest absolute Gasteiger partial charge is 0.282 e. The molecule has 31 heavy (non-hydrogen) atoms. The summed E-state index contributed by atoms with van der Waals surface area (Å²) >= 11 is 0. The van der Waals surface area contributed by atoms with Gasteiger partial charge in [0.1, 0.15) is 0 Å². The first-order valence-corrected chi connectivity index (χ1v) is 12.4. The van der Waals surface area contributed by atoms with Crippen molar-refractivity contribution < 1.29 is 9.59 Å². The molecule has 3 unspecified atom stereocenters. The maximum atomic E-state index is 13.5. The third kappa shape index (κ3) is 6.67. The number of benzene rings is 1. The van der Waals surface area contributed by atoms with Gasteiger partial charge in [-0.1, -0.05) is 111 Å². The van der Waals surface area contributed by atoms with Crippen molar-refractivity contribution in [2.75, 3.05) is 6.54 Å². The van der Waals surface area contributed by atoms with Crippen LogP contribution in [0.2, 0.25) is 0 Å². The zero-order valence-electron chi connectivity index (χ0n) is 21.0. The van der Waals surface area contributed by atoms with Crippen molar-refractivity contribution in [2.45, 2.75) is 99.3 Å². The average molecular weight is 428 g/mol. The molecule has 1 aromatic carbocycles. The molecular weight excluding hydrogens is 382 g/mol. The van der Waals surface area contributed by atoms with Crippen molar-refractivity contribution in [1.82, 2.24) is 4.90 Å². The third-order valence-electron chi connectivity index (χ3n) is 6.92. The Kier molecular flexibility index (Phi) is 8.92. The second kappa shape index (κ2) is 10.8. The number of hydrogen-bond acceptors (Lipinski definition) is 2. The molecule has 3 atom stereocenters. The SMILES string of the molecule is CCCCCCCCN1C(=O)C(CC(c2ccccc2)C(C)(C)C)C(C(C)(C)C)C1=O. The molecule has 3 nitrogen and oxygen atoms in total. The summed E-state index contributed by atoms with van der Waals surface area (Å²) in [7, 11) is 0. The molecule has 2 amide bonds. The summed E-state index contributed by atoms with van der Waals surface area (Å²) < 4.78 is 0. The molecule has 1 aliphatic rings. The van der Waals surface area contributed by atoms with Gasteiger partial charge in [-0.3, -0.25) is 14.5 Å². The molecule has 0 N–H and O–H groups in total. The molecular formula is C28H45NO2. The number of carbonyl (C=O) groups excluding carboxylic acids is 2. The van der Waals surface area contributed by atoms with Crippen LogP contribution in [0.25, 0.3) is 0 Å². The number of amides is 2. The van der Waals surface area contributed by atoms with E-state index in [1.165, 1.54) is 31.2 Å². The molecule has 0 bridgehead atoms. The lowest BCUT2D eigenvalue weighted by molar-refractivity contribution is -0.140. The molecule has 174 valence electrons. The highest BCUT2D eigenvalue weighted by Crippen LogP contribution is 2.47. The minimum atomic E-state index is -0.242. The van der Waals surface area contributed by atoms with Crippen molar-refractivity contribution in [2.24, 2.45) is 22.7 Å². The van der Waals surface area contributed by atoms with E-state index in [1.54, 1.807) is 4.90 Å². The van der Waals surface area contributed by atoms with Crippen LogP contribution in [-0.2, 0) is 9.59 Å². The van der Waals surface area contributed by atoms with E-state index in [1.807, 2.05) is 6.07 Å². The van der Waals surface area contributed by atoms with E-state index >= 15 is 0 Å². The summed E-state index contributed by atoms with van der Waals surface area (Å²) in [6.07, 6.45) is 7.68. The summed E-state index contributed by atoms with van der Waals surface area (Å²) in [5.74, 6) is -0.139. The predicted molar refractivity (Wildman–Crippen MR) is 130 cm³/mol. The number of rotatable bonds is 10. The Hall–Kier alpha value is -1.64. The number of likely N-dealkylation sites (tertiary alicyclic amines) is 1. The number of imide groups is 1. The van der Waals surface area contributed by atoms with Gasteiger partial charge in [-0.15, -0.1) is 0 Å². The summed E-state index contributed by atoms with van der Waals surface area (Å²) in [6, 6.07) is 10.5. The Labute approximate surface area is 191 Å². The summed E-state index contributed by atoms with van der Waals surface area (Å²) in [4.78, 5) is 28.6. The molecule has 2 rings (SSSR count). The Balaban J connectivity index is 2.21. The van der Waals surface area contributed by atoms with Gasteiger partial charge in [-0.25, -0.2) is 0 Å². The van der Waals surface area contributed by atoms with Gasteiger partial charge in [0, 0.05) is 6.54 Å². The van der Waals surface area contributed by atoms with Crippen molar-refractivity contribution in [3.8, 4) is 0 Å². The van der Waals surface area contributed by atoms with E-state index in [-0.39, 0.29) is 40.4 Å². The summed E-state index contributed by atoms with van der Waals surface area (Å²) in [5, 5.41) is 0. The average Bonchev–Trinajstić information content (AvgIpc) is 2.92. The topological polar surface area (TPSA) is 37.4 Å². The maximum Gasteiger partial charge on any atom is 0.233 e. The molecule has 1 aliphatic heterocycles. The van der Waals surface area contributed by atoms with Gasteiger partial charge in [0.05, 0.1) is 11.8 Å². The number of carbonyl (C=O) groups is 2. The Morgan fingerprint density at radius 2 is 1.42 bits per heavy atom. The molecule has 1 fully saturated rings. The second-order valence-electron chi connectivity index (χ2n) is 11.6. The van der Waals surface area contributed by atoms with Gasteiger partial charge in [-0.2, -0.15) is 0 Å². The Bertz CT molecular complexity index is 711. The molecule has 0 aromatic heterocycles. The smallest absolute Gasteiger partial charge is 0.233 e. The maximum absolute atomic E-state index is 13.5. The third-order valence-corrected chi connectivity index (χ3v) is 6.92. The van der Waals surface area contributed by atoms with E-state index in [9.17, 15) is 9.59 Å². The van der Waals surface area contributed by atoms with Crippen LogP contribution in [0.15, 0.2) is 30.3 Å². The highest BCUT2D eigenvalue weighted by atomic mass is 16.2. The van der Waals surface area contributed by atoms with Gasteiger partial charge < -0.3 is 0 Å². The van der Waals surface area contributed by atoms with Crippen molar-refractivity contribution in [3.63, 3.8) is 0 Å². The van der Waals surface area contributed by atoms with Crippen molar-refractivity contribution in [3.05, 3.63) is 35.9 Å². The standard InChI is InChI=1S/C28H45NO2/c1-8-9-10-11-12-16-19-29-25(30)22(24(26(29)31)28(5,6)7)20-23(27(2,3)4)21-17-14-13-15-18-21/h13-15,17-18,22-24H,8-12,16,19-20H2,1-7H3. The highest BCUT2D eigenvalue weighted by Gasteiger charge is 2.53. The Morgan fingerprint density at radius 1 is 0.839 bits per heavy atom. The molecule has 0 radical (unpaired) electrons.